The molecule has 5 rings (SSSR count). The molecule has 1 aliphatic rings. The number of aryl methyl sites for hydroxylation is 1. The monoisotopic (exact) mass is 465 g/mol. The van der Waals surface area contributed by atoms with Gasteiger partial charge in [-0.1, -0.05) is 53.0 Å². The summed E-state index contributed by atoms with van der Waals surface area (Å²) in [5.41, 5.74) is 4.95. The number of amides is 1. The Hall–Kier alpha value is -3.15. The number of hydrogen-bond donors (Lipinski definition) is 1. The molecule has 0 radical (unpaired) electrons. The average molecular weight is 466 g/mol. The topological polar surface area (TPSA) is 60.5 Å². The summed E-state index contributed by atoms with van der Waals surface area (Å²) in [6.07, 6.45) is 0.209. The maximum absolute atomic E-state index is 13.3. The molecule has 0 fully saturated rings. The molecule has 1 amide bonds. The van der Waals surface area contributed by atoms with Gasteiger partial charge in [0.1, 0.15) is 11.8 Å². The predicted octanol–water partition coefficient (Wildman–Crippen LogP) is 6.12. The minimum Gasteiger partial charge on any atom is -0.410 e. The van der Waals surface area contributed by atoms with E-state index in [9.17, 15) is 4.79 Å². The molecule has 1 aliphatic heterocycles. The van der Waals surface area contributed by atoms with E-state index in [4.69, 9.17) is 33.8 Å². The van der Waals surface area contributed by atoms with Gasteiger partial charge in [-0.25, -0.2) is 4.79 Å². The van der Waals surface area contributed by atoms with Crippen molar-refractivity contribution in [1.82, 2.24) is 9.58 Å². The summed E-state index contributed by atoms with van der Waals surface area (Å²) in [5, 5.41) is 2.25. The molecule has 4 aromatic rings. The largest absolute Gasteiger partial charge is 0.416 e. The Balaban J connectivity index is 1.62. The number of aromatic nitrogens is 1. The first-order chi connectivity index (χ1) is 15.4. The molecule has 0 aliphatic carbocycles. The van der Waals surface area contributed by atoms with Gasteiger partial charge in [0.05, 0.1) is 11.2 Å². The minimum atomic E-state index is -0.438. The third-order valence-electron chi connectivity index (χ3n) is 5.93. The SMILES string of the molecule is Cc1ccc(C2c3c(c4cc(Cl)ccc4n3N)CCN2C(=O)Oc2ccc(Cl)cc2)cc1. The van der Waals surface area contributed by atoms with Gasteiger partial charge in [0.25, 0.3) is 0 Å². The van der Waals surface area contributed by atoms with Crippen molar-refractivity contribution in [3.05, 3.63) is 99.2 Å². The minimum absolute atomic E-state index is 0.393. The van der Waals surface area contributed by atoms with Gasteiger partial charge in [0, 0.05) is 22.0 Å². The Labute approximate surface area is 195 Å². The van der Waals surface area contributed by atoms with Crippen molar-refractivity contribution in [2.75, 3.05) is 12.4 Å². The van der Waals surface area contributed by atoms with Crippen molar-refractivity contribution in [2.45, 2.75) is 19.4 Å². The van der Waals surface area contributed by atoms with Gasteiger partial charge in [-0.15, -0.1) is 0 Å². The zero-order valence-electron chi connectivity index (χ0n) is 17.4. The fourth-order valence-electron chi connectivity index (χ4n) is 4.39. The average Bonchev–Trinajstić information content (AvgIpc) is 3.07. The van der Waals surface area contributed by atoms with Crippen molar-refractivity contribution in [1.29, 1.82) is 0 Å². The number of ether oxygens (including phenoxy) is 1. The van der Waals surface area contributed by atoms with Crippen LogP contribution >= 0.6 is 23.2 Å². The summed E-state index contributed by atoms with van der Waals surface area (Å²) in [6, 6.07) is 20.2. The first-order valence-electron chi connectivity index (χ1n) is 10.3. The van der Waals surface area contributed by atoms with Crippen molar-refractivity contribution in [3.63, 3.8) is 0 Å². The molecule has 162 valence electrons. The van der Waals surface area contributed by atoms with E-state index >= 15 is 0 Å². The molecule has 3 aromatic carbocycles. The lowest BCUT2D eigenvalue weighted by Crippen LogP contribution is -2.43. The molecule has 0 saturated carbocycles. The summed E-state index contributed by atoms with van der Waals surface area (Å²) in [6.45, 7) is 2.52. The molecule has 32 heavy (non-hydrogen) atoms. The molecule has 1 unspecified atom stereocenters. The van der Waals surface area contributed by atoms with E-state index in [1.165, 1.54) is 0 Å². The molecule has 2 N–H and O–H groups in total. The molecule has 5 nitrogen and oxygen atoms in total. The lowest BCUT2D eigenvalue weighted by Gasteiger charge is -2.36. The number of nitrogen functional groups attached to an aromatic ring is 1. The summed E-state index contributed by atoms with van der Waals surface area (Å²) < 4.78 is 7.36. The molecule has 0 saturated heterocycles. The second kappa shape index (κ2) is 8.08. The lowest BCUT2D eigenvalue weighted by molar-refractivity contribution is 0.134. The van der Waals surface area contributed by atoms with Crippen LogP contribution in [0.5, 0.6) is 5.75 Å². The zero-order chi connectivity index (χ0) is 22.4. The second-order valence-electron chi connectivity index (χ2n) is 7.97. The van der Waals surface area contributed by atoms with Gasteiger partial charge in [-0.05, 0) is 66.9 Å². The first-order valence-corrected chi connectivity index (χ1v) is 11.1. The van der Waals surface area contributed by atoms with Crippen molar-refractivity contribution in [3.8, 4) is 5.75 Å². The predicted molar refractivity (Wildman–Crippen MR) is 128 cm³/mol. The number of nitrogens with zero attached hydrogens (tertiary/aromatic N) is 2. The van der Waals surface area contributed by atoms with E-state index in [1.54, 1.807) is 33.8 Å². The van der Waals surface area contributed by atoms with E-state index in [2.05, 4.69) is 0 Å². The van der Waals surface area contributed by atoms with E-state index in [-0.39, 0.29) is 0 Å². The Kier molecular flexibility index (Phi) is 5.24. The molecule has 7 heteroatoms. The Morgan fingerprint density at radius 3 is 2.41 bits per heavy atom. The third kappa shape index (κ3) is 3.57. The van der Waals surface area contributed by atoms with Gasteiger partial charge < -0.3 is 10.6 Å². The van der Waals surface area contributed by atoms with Crippen LogP contribution in [0.25, 0.3) is 10.9 Å². The summed E-state index contributed by atoms with van der Waals surface area (Å²) >= 11 is 12.2. The van der Waals surface area contributed by atoms with Crippen LogP contribution in [0.2, 0.25) is 10.0 Å². The van der Waals surface area contributed by atoms with Crippen LogP contribution in [0.1, 0.15) is 28.4 Å². The molecular formula is C25H21Cl2N3O2. The Morgan fingerprint density at radius 1 is 1.00 bits per heavy atom. The lowest BCUT2D eigenvalue weighted by atomic mass is 9.92. The van der Waals surface area contributed by atoms with Crippen LogP contribution in [-0.2, 0) is 6.42 Å². The fraction of sp³-hybridized carbons (Fsp3) is 0.160. The molecule has 1 aromatic heterocycles. The first kappa shape index (κ1) is 20.7. The second-order valence-corrected chi connectivity index (χ2v) is 8.85. The standard InChI is InChI=1S/C25H21Cl2N3O2/c1-15-2-4-16(5-3-15)23-24-20(21-14-18(27)8-11-22(21)30(24)28)12-13-29(23)25(31)32-19-9-6-17(26)7-10-19/h2-11,14,23H,12-13,28H2,1H3. The number of hydrogen-bond acceptors (Lipinski definition) is 3. The molecule has 1 atom stereocenters. The number of carbonyl (C=O) groups is 1. The van der Waals surface area contributed by atoms with Crippen LogP contribution in [0.3, 0.4) is 0 Å². The van der Waals surface area contributed by atoms with Crippen LogP contribution < -0.4 is 10.6 Å². The summed E-state index contributed by atoms with van der Waals surface area (Å²) in [4.78, 5) is 15.0. The van der Waals surface area contributed by atoms with Gasteiger partial charge >= 0.3 is 6.09 Å². The van der Waals surface area contributed by atoms with Crippen LogP contribution in [0, 0.1) is 6.92 Å². The highest BCUT2D eigenvalue weighted by Gasteiger charge is 2.37. The van der Waals surface area contributed by atoms with Crippen LogP contribution in [0.15, 0.2) is 66.7 Å². The van der Waals surface area contributed by atoms with Gasteiger partial charge in [-0.3, -0.25) is 9.58 Å². The fourth-order valence-corrected chi connectivity index (χ4v) is 4.69. The van der Waals surface area contributed by atoms with Crippen molar-refractivity contribution in [2.24, 2.45) is 0 Å². The molecule has 0 bridgehead atoms. The highest BCUT2D eigenvalue weighted by Crippen LogP contribution is 2.40. The third-order valence-corrected chi connectivity index (χ3v) is 6.42. The quantitative estimate of drug-likeness (QED) is 0.362. The zero-order valence-corrected chi connectivity index (χ0v) is 18.9. The van der Waals surface area contributed by atoms with Crippen LogP contribution in [0.4, 0.5) is 4.79 Å². The maximum atomic E-state index is 13.3. The van der Waals surface area contributed by atoms with Gasteiger partial charge in [0.15, 0.2) is 0 Å². The van der Waals surface area contributed by atoms with Crippen molar-refractivity contribution < 1.29 is 9.53 Å². The van der Waals surface area contributed by atoms with E-state index in [1.807, 2.05) is 49.4 Å². The van der Waals surface area contributed by atoms with E-state index < -0.39 is 12.1 Å². The maximum Gasteiger partial charge on any atom is 0.416 e. The highest BCUT2D eigenvalue weighted by atomic mass is 35.5. The number of nitrogens with two attached hydrogens (primary N) is 1. The summed E-state index contributed by atoms with van der Waals surface area (Å²) in [7, 11) is 0. The normalized spacial score (nSPS) is 15.6. The number of fused-ring (bicyclic) bond motifs is 3. The molecular weight excluding hydrogens is 445 g/mol. The van der Waals surface area contributed by atoms with Gasteiger partial charge in [-0.2, -0.15) is 0 Å². The van der Waals surface area contributed by atoms with Crippen LogP contribution in [-0.4, -0.2) is 22.2 Å². The number of rotatable bonds is 2. The Bertz CT molecular complexity index is 1310. The number of benzene rings is 3. The van der Waals surface area contributed by atoms with E-state index in [0.717, 1.165) is 33.3 Å². The number of carbonyl (C=O) groups excluding carboxylic acids is 1. The molecule has 2 heterocycles. The van der Waals surface area contributed by atoms with Gasteiger partial charge in [0.2, 0.25) is 0 Å². The summed E-state index contributed by atoms with van der Waals surface area (Å²) in [5.74, 6) is 7.02. The molecule has 0 spiro atoms. The smallest absolute Gasteiger partial charge is 0.410 e. The highest BCUT2D eigenvalue weighted by molar-refractivity contribution is 6.31. The number of halogens is 2. The van der Waals surface area contributed by atoms with Crippen molar-refractivity contribution >= 4 is 40.2 Å². The Morgan fingerprint density at radius 2 is 1.69 bits per heavy atom. The van der Waals surface area contributed by atoms with E-state index in [0.29, 0.717) is 28.8 Å².